The molecule has 0 bridgehead atoms. The van der Waals surface area contributed by atoms with E-state index in [9.17, 15) is 0 Å². The van der Waals surface area contributed by atoms with Crippen LogP contribution in [0.1, 0.15) is 5.82 Å². The van der Waals surface area contributed by atoms with Crippen LogP contribution in [-0.4, -0.2) is 46.1 Å². The maximum atomic E-state index is 9.07. The van der Waals surface area contributed by atoms with Crippen molar-refractivity contribution in [1.82, 2.24) is 34.3 Å². The van der Waals surface area contributed by atoms with Gasteiger partial charge in [-0.3, -0.25) is 9.08 Å². The molecule has 0 unspecified atom stereocenters. The zero-order valence-corrected chi connectivity index (χ0v) is 13.5. The molecule has 4 aromatic rings. The van der Waals surface area contributed by atoms with Crippen LogP contribution in [-0.2, 0) is 13.5 Å². The number of aliphatic hydroxyl groups is 1. The number of nitrogens with zero attached hydrogens (tertiary/aromatic N) is 7. The number of hydrogen-bond acceptors (Lipinski definition) is 7. The van der Waals surface area contributed by atoms with Crippen molar-refractivity contribution in [2.75, 3.05) is 11.9 Å². The van der Waals surface area contributed by atoms with Crippen molar-refractivity contribution in [1.29, 1.82) is 0 Å². The molecule has 0 saturated carbocycles. The van der Waals surface area contributed by atoms with Gasteiger partial charge in [0.25, 0.3) is 0 Å². The van der Waals surface area contributed by atoms with Gasteiger partial charge in [0.1, 0.15) is 11.6 Å². The van der Waals surface area contributed by atoms with Gasteiger partial charge in [0.2, 0.25) is 5.95 Å². The van der Waals surface area contributed by atoms with E-state index < -0.39 is 0 Å². The molecule has 0 atom stereocenters. The first-order chi connectivity index (χ1) is 12.2. The summed E-state index contributed by atoms with van der Waals surface area (Å²) in [7, 11) is 1.84. The summed E-state index contributed by atoms with van der Waals surface area (Å²) in [4.78, 5) is 8.80. The first kappa shape index (κ1) is 15.2. The van der Waals surface area contributed by atoms with Gasteiger partial charge in [-0.15, -0.1) is 10.2 Å². The third-order valence-corrected chi connectivity index (χ3v) is 3.83. The Labute approximate surface area is 143 Å². The molecule has 4 heterocycles. The van der Waals surface area contributed by atoms with Gasteiger partial charge >= 0.3 is 0 Å². The average Bonchev–Trinajstić information content (AvgIpc) is 3.22. The Bertz CT molecular complexity index is 1020. The van der Waals surface area contributed by atoms with Gasteiger partial charge in [0.15, 0.2) is 5.65 Å². The van der Waals surface area contributed by atoms with Crippen LogP contribution in [0.4, 0.5) is 11.8 Å². The standard InChI is InChI=1S/C16H16N8O/c1-23-13(3-7-18-23)20-16-17-6-2-12(19-16)11-4-8-24-14(5-9-25)21-22-15(24)10-11/h2-4,6-8,10,25H,5,9H2,1H3,(H,17,19,20). The summed E-state index contributed by atoms with van der Waals surface area (Å²) in [6.45, 7) is 0.0392. The van der Waals surface area contributed by atoms with E-state index in [-0.39, 0.29) is 6.61 Å². The number of aryl methyl sites for hydroxylation is 1. The molecule has 0 aliphatic rings. The van der Waals surface area contributed by atoms with E-state index in [0.29, 0.717) is 18.0 Å². The van der Waals surface area contributed by atoms with Crippen LogP contribution < -0.4 is 5.32 Å². The van der Waals surface area contributed by atoms with E-state index in [1.807, 2.05) is 41.9 Å². The predicted molar refractivity (Wildman–Crippen MR) is 91.3 cm³/mol. The first-order valence-corrected chi connectivity index (χ1v) is 7.77. The number of pyridine rings is 1. The molecule has 0 aliphatic heterocycles. The monoisotopic (exact) mass is 336 g/mol. The average molecular weight is 336 g/mol. The van der Waals surface area contributed by atoms with Gasteiger partial charge in [-0.2, -0.15) is 5.10 Å². The van der Waals surface area contributed by atoms with E-state index >= 15 is 0 Å². The van der Waals surface area contributed by atoms with Crippen molar-refractivity contribution >= 4 is 17.4 Å². The number of rotatable bonds is 5. The smallest absolute Gasteiger partial charge is 0.228 e. The molecule has 0 aromatic carbocycles. The second kappa shape index (κ2) is 6.29. The van der Waals surface area contributed by atoms with Gasteiger partial charge in [0.05, 0.1) is 18.5 Å². The molecule has 4 aromatic heterocycles. The number of hydrogen-bond donors (Lipinski definition) is 2. The molecule has 126 valence electrons. The number of fused-ring (bicyclic) bond motifs is 1. The maximum Gasteiger partial charge on any atom is 0.228 e. The Balaban J connectivity index is 1.66. The zero-order chi connectivity index (χ0) is 17.2. The van der Waals surface area contributed by atoms with Crippen LogP contribution in [0.25, 0.3) is 16.9 Å². The van der Waals surface area contributed by atoms with Crippen molar-refractivity contribution in [2.45, 2.75) is 6.42 Å². The van der Waals surface area contributed by atoms with Crippen LogP contribution in [0.2, 0.25) is 0 Å². The van der Waals surface area contributed by atoms with Gasteiger partial charge < -0.3 is 10.4 Å². The Morgan fingerprint density at radius 1 is 1.16 bits per heavy atom. The predicted octanol–water partition coefficient (Wildman–Crippen LogP) is 1.20. The lowest BCUT2D eigenvalue weighted by Crippen LogP contribution is -2.03. The first-order valence-electron chi connectivity index (χ1n) is 7.77. The molecular formula is C16H16N8O. The molecular weight excluding hydrogens is 320 g/mol. The lowest BCUT2D eigenvalue weighted by Gasteiger charge is -2.07. The highest BCUT2D eigenvalue weighted by atomic mass is 16.3. The Kier molecular flexibility index (Phi) is 3.82. The normalized spacial score (nSPS) is 11.1. The molecule has 0 saturated heterocycles. The Morgan fingerprint density at radius 3 is 2.88 bits per heavy atom. The molecule has 0 spiro atoms. The Hall–Kier alpha value is -3.33. The topological polar surface area (TPSA) is 106 Å². The summed E-state index contributed by atoms with van der Waals surface area (Å²) in [5.74, 6) is 2.02. The Morgan fingerprint density at radius 2 is 2.08 bits per heavy atom. The minimum atomic E-state index is 0.0392. The largest absolute Gasteiger partial charge is 0.396 e. The quantitative estimate of drug-likeness (QED) is 0.564. The van der Waals surface area contributed by atoms with Gasteiger partial charge in [-0.05, 0) is 18.2 Å². The third kappa shape index (κ3) is 2.92. The third-order valence-electron chi connectivity index (χ3n) is 3.83. The highest BCUT2D eigenvalue weighted by molar-refractivity contribution is 5.65. The van der Waals surface area contributed by atoms with Crippen LogP contribution >= 0.6 is 0 Å². The summed E-state index contributed by atoms with van der Waals surface area (Å²) < 4.78 is 3.57. The fourth-order valence-electron chi connectivity index (χ4n) is 2.56. The lowest BCUT2D eigenvalue weighted by atomic mass is 10.2. The molecule has 0 amide bonds. The summed E-state index contributed by atoms with van der Waals surface area (Å²) in [6, 6.07) is 7.53. The molecule has 9 heteroatoms. The molecule has 0 fully saturated rings. The van der Waals surface area contributed by atoms with Crippen molar-refractivity contribution in [2.24, 2.45) is 7.05 Å². The zero-order valence-electron chi connectivity index (χ0n) is 13.5. The number of aromatic nitrogens is 7. The van der Waals surface area contributed by atoms with E-state index in [1.54, 1.807) is 17.1 Å². The number of aliphatic hydroxyl groups excluding tert-OH is 1. The van der Waals surface area contributed by atoms with Crippen LogP contribution in [0.15, 0.2) is 42.9 Å². The molecule has 2 N–H and O–H groups in total. The van der Waals surface area contributed by atoms with Crippen molar-refractivity contribution < 1.29 is 5.11 Å². The van der Waals surface area contributed by atoms with Crippen LogP contribution in [0.5, 0.6) is 0 Å². The minimum Gasteiger partial charge on any atom is -0.396 e. The summed E-state index contributed by atoms with van der Waals surface area (Å²) in [5.41, 5.74) is 2.39. The lowest BCUT2D eigenvalue weighted by molar-refractivity contribution is 0.296. The summed E-state index contributed by atoms with van der Waals surface area (Å²) in [6.07, 6.45) is 5.75. The molecule has 4 rings (SSSR count). The second-order valence-corrected chi connectivity index (χ2v) is 5.46. The van der Waals surface area contributed by atoms with E-state index in [2.05, 4.69) is 30.6 Å². The van der Waals surface area contributed by atoms with Crippen molar-refractivity contribution in [3.05, 3.63) is 48.7 Å². The number of anilines is 2. The minimum absolute atomic E-state index is 0.0392. The van der Waals surface area contributed by atoms with Crippen LogP contribution in [0, 0.1) is 0 Å². The molecule has 0 aliphatic carbocycles. The van der Waals surface area contributed by atoms with Gasteiger partial charge in [-0.25, -0.2) is 9.97 Å². The fourth-order valence-corrected chi connectivity index (χ4v) is 2.56. The fraction of sp³-hybridized carbons (Fsp3) is 0.188. The van der Waals surface area contributed by atoms with Crippen molar-refractivity contribution in [3.8, 4) is 11.3 Å². The summed E-state index contributed by atoms with van der Waals surface area (Å²) >= 11 is 0. The second-order valence-electron chi connectivity index (χ2n) is 5.46. The van der Waals surface area contributed by atoms with E-state index in [1.165, 1.54) is 0 Å². The van der Waals surface area contributed by atoms with Crippen LogP contribution in [0.3, 0.4) is 0 Å². The van der Waals surface area contributed by atoms with E-state index in [4.69, 9.17) is 5.11 Å². The summed E-state index contributed by atoms with van der Waals surface area (Å²) in [5, 5.41) is 24.6. The van der Waals surface area contributed by atoms with Crippen molar-refractivity contribution in [3.63, 3.8) is 0 Å². The highest BCUT2D eigenvalue weighted by Crippen LogP contribution is 2.20. The molecule has 25 heavy (non-hydrogen) atoms. The molecule has 0 radical (unpaired) electrons. The number of nitrogens with one attached hydrogen (secondary N) is 1. The van der Waals surface area contributed by atoms with Gasteiger partial charge in [-0.1, -0.05) is 0 Å². The maximum absolute atomic E-state index is 9.07. The van der Waals surface area contributed by atoms with Gasteiger partial charge in [0, 0.05) is 37.5 Å². The SMILES string of the molecule is Cn1nccc1Nc1nccc(-c2ccn3c(CCO)nnc3c2)n1. The van der Waals surface area contributed by atoms with E-state index in [0.717, 1.165) is 22.9 Å². The highest BCUT2D eigenvalue weighted by Gasteiger charge is 2.09. The molecule has 9 nitrogen and oxygen atoms in total.